The molecule has 0 aliphatic heterocycles. The average molecular weight is 511 g/mol. The SMILES string of the molecule is CC(=O)/C=C(\[O-])C(F)(F)F.CC(=O)/C=C(\[O-])C(F)(F)F.CC(=O)/C=C(\[O-])C(F)(F)F.[Cr+3]. The quantitative estimate of drug-likeness (QED) is 0.319. The largest absolute Gasteiger partial charge is 3.00 e. The predicted molar refractivity (Wildman–Crippen MR) is 74.5 cm³/mol. The van der Waals surface area contributed by atoms with E-state index in [1.54, 1.807) is 0 Å². The van der Waals surface area contributed by atoms with Crippen molar-refractivity contribution in [3.05, 3.63) is 35.5 Å². The molecule has 0 atom stereocenters. The number of ketones is 3. The number of carbonyl (C=O) groups is 3. The third-order valence-corrected chi connectivity index (χ3v) is 1.84. The van der Waals surface area contributed by atoms with Crippen molar-refractivity contribution in [2.45, 2.75) is 39.3 Å². The van der Waals surface area contributed by atoms with E-state index in [9.17, 15) is 69.2 Å². The molecule has 6 nitrogen and oxygen atoms in total. The smallest absolute Gasteiger partial charge is 0.869 e. The van der Waals surface area contributed by atoms with Gasteiger partial charge < -0.3 is 15.3 Å². The van der Waals surface area contributed by atoms with Crippen LogP contribution in [0, 0.1) is 0 Å². The van der Waals surface area contributed by atoms with Crippen LogP contribution in [0.3, 0.4) is 0 Å². The first-order valence-corrected chi connectivity index (χ1v) is 6.91. The van der Waals surface area contributed by atoms with E-state index in [2.05, 4.69) is 0 Å². The van der Waals surface area contributed by atoms with Crippen molar-refractivity contribution in [2.75, 3.05) is 0 Å². The Kier molecular flexibility index (Phi) is 16.8. The third-order valence-electron chi connectivity index (χ3n) is 1.84. The first-order valence-electron chi connectivity index (χ1n) is 6.91. The van der Waals surface area contributed by atoms with Crippen molar-refractivity contribution in [3.63, 3.8) is 0 Å². The second kappa shape index (κ2) is 14.5. The summed E-state index contributed by atoms with van der Waals surface area (Å²) in [6.45, 7) is 2.64. The van der Waals surface area contributed by atoms with E-state index in [4.69, 9.17) is 0 Å². The van der Waals surface area contributed by atoms with Crippen LogP contribution >= 0.6 is 0 Å². The first-order chi connectivity index (χ1) is 13.0. The van der Waals surface area contributed by atoms with Crippen LogP contribution < -0.4 is 15.3 Å². The normalized spacial score (nSPS) is 13.0. The van der Waals surface area contributed by atoms with E-state index in [0.29, 0.717) is 0 Å². The van der Waals surface area contributed by atoms with Gasteiger partial charge in [0.25, 0.3) is 0 Å². The second-order valence-electron chi connectivity index (χ2n) is 4.85. The second-order valence-corrected chi connectivity index (χ2v) is 4.85. The molecule has 0 N–H and O–H groups in total. The van der Waals surface area contributed by atoms with Crippen LogP contribution in [0.5, 0.6) is 0 Å². The van der Waals surface area contributed by atoms with Gasteiger partial charge >= 0.3 is 35.9 Å². The summed E-state index contributed by atoms with van der Waals surface area (Å²) < 4.78 is 101. The molecular weight excluding hydrogens is 499 g/mol. The van der Waals surface area contributed by atoms with Crippen LogP contribution in [0.15, 0.2) is 35.5 Å². The number of carbonyl (C=O) groups excluding carboxylic acids is 3. The zero-order valence-electron chi connectivity index (χ0n) is 15.5. The van der Waals surface area contributed by atoms with Gasteiger partial charge in [0, 0.05) is 0 Å². The number of hydrogen-bond acceptors (Lipinski definition) is 6. The number of allylic oxidation sites excluding steroid dienone is 6. The summed E-state index contributed by atoms with van der Waals surface area (Å²) in [5.41, 5.74) is 0. The number of alkyl halides is 9. The Labute approximate surface area is 179 Å². The van der Waals surface area contributed by atoms with Gasteiger partial charge in [0.05, 0.1) is 0 Å². The molecule has 0 saturated carbocycles. The number of hydrogen-bond donors (Lipinski definition) is 0. The molecule has 16 heteroatoms. The Morgan fingerprint density at radius 3 is 0.677 bits per heavy atom. The van der Waals surface area contributed by atoms with Gasteiger partial charge in [0.2, 0.25) is 0 Å². The maximum Gasteiger partial charge on any atom is 3.00 e. The van der Waals surface area contributed by atoms with E-state index in [0.717, 1.165) is 20.8 Å². The zero-order valence-corrected chi connectivity index (χ0v) is 16.8. The van der Waals surface area contributed by atoms with Crippen molar-refractivity contribution in [2.24, 2.45) is 0 Å². The maximum atomic E-state index is 11.3. The van der Waals surface area contributed by atoms with Gasteiger partial charge in [-0.2, -0.15) is 39.5 Å². The molecule has 0 rings (SSSR count). The molecular formula is C15H12CrF9O6. The molecule has 0 aromatic carbocycles. The van der Waals surface area contributed by atoms with Crippen molar-refractivity contribution in [3.8, 4) is 0 Å². The molecule has 0 aromatic rings. The van der Waals surface area contributed by atoms with E-state index >= 15 is 0 Å². The zero-order chi connectivity index (χ0) is 25.1. The molecule has 0 saturated heterocycles. The topological polar surface area (TPSA) is 120 Å². The molecule has 0 aliphatic carbocycles. The van der Waals surface area contributed by atoms with Gasteiger partial charge in [-0.1, -0.05) is 0 Å². The number of halogens is 9. The summed E-state index contributed by atoms with van der Waals surface area (Å²) in [6.07, 6.45) is -14.7. The van der Waals surface area contributed by atoms with Crippen molar-refractivity contribution < 1.29 is 86.6 Å². The number of rotatable bonds is 3. The standard InChI is InChI=1S/3C5H5F3O2.Cr/c3*1-3(9)2-4(10)5(6,7)8;/h3*2,10H,1H3;/q;;;+3/p-3/b3*4-2-;. The summed E-state index contributed by atoms with van der Waals surface area (Å²) in [4.78, 5) is 29.8. The third kappa shape index (κ3) is 23.7. The maximum absolute atomic E-state index is 11.3. The molecule has 31 heavy (non-hydrogen) atoms. The molecule has 0 aliphatic rings. The van der Waals surface area contributed by atoms with E-state index in [1.165, 1.54) is 0 Å². The van der Waals surface area contributed by atoms with Crippen LogP contribution in [0.4, 0.5) is 39.5 Å². The predicted octanol–water partition coefficient (Wildman–Crippen LogP) is 1.14. The van der Waals surface area contributed by atoms with Gasteiger partial charge in [-0.3, -0.25) is 14.4 Å². The fourth-order valence-corrected chi connectivity index (χ4v) is 0.799. The summed E-state index contributed by atoms with van der Waals surface area (Å²) in [5.74, 6) is -9.04. The Hall–Kier alpha value is -2.47. The molecule has 0 fully saturated rings. The monoisotopic (exact) mass is 511 g/mol. The van der Waals surface area contributed by atoms with Crippen molar-refractivity contribution in [1.29, 1.82) is 0 Å². The molecule has 177 valence electrons. The minimum absolute atomic E-state index is 0. The summed E-state index contributed by atoms with van der Waals surface area (Å²) in [6, 6.07) is 0. The Morgan fingerprint density at radius 2 is 0.645 bits per heavy atom. The molecule has 0 bridgehead atoms. The summed E-state index contributed by atoms with van der Waals surface area (Å²) in [7, 11) is 0. The van der Waals surface area contributed by atoms with E-state index < -0.39 is 53.2 Å². The van der Waals surface area contributed by atoms with Crippen LogP contribution in [0.1, 0.15) is 20.8 Å². The van der Waals surface area contributed by atoms with Gasteiger partial charge in [-0.15, -0.1) is 0 Å². The van der Waals surface area contributed by atoms with E-state index in [-0.39, 0.29) is 35.6 Å². The fraction of sp³-hybridized carbons (Fsp3) is 0.400. The first kappa shape index (κ1) is 35.9. The van der Waals surface area contributed by atoms with Gasteiger partial charge in [-0.05, 0) is 56.3 Å². The summed E-state index contributed by atoms with van der Waals surface area (Å²) in [5, 5.41) is 29.6. The van der Waals surface area contributed by atoms with Gasteiger partial charge in [0.1, 0.15) is 0 Å². The van der Waals surface area contributed by atoms with Crippen LogP contribution in [0.25, 0.3) is 0 Å². The van der Waals surface area contributed by atoms with Crippen LogP contribution in [-0.2, 0) is 31.7 Å². The average Bonchev–Trinajstić information content (AvgIpc) is 2.43. The van der Waals surface area contributed by atoms with Gasteiger partial charge in [-0.25, -0.2) is 0 Å². The Balaban J connectivity index is -0.000000174. The molecule has 0 unspecified atom stereocenters. The Morgan fingerprint density at radius 1 is 0.516 bits per heavy atom. The molecule has 0 aromatic heterocycles. The van der Waals surface area contributed by atoms with Crippen molar-refractivity contribution in [1.82, 2.24) is 0 Å². The minimum Gasteiger partial charge on any atom is -0.869 e. The minimum atomic E-state index is -4.92. The van der Waals surface area contributed by atoms with Crippen LogP contribution in [0.2, 0.25) is 0 Å². The molecule has 0 heterocycles. The van der Waals surface area contributed by atoms with Crippen LogP contribution in [-0.4, -0.2) is 35.9 Å². The summed E-state index contributed by atoms with van der Waals surface area (Å²) >= 11 is 0. The fourth-order valence-electron chi connectivity index (χ4n) is 0.799. The van der Waals surface area contributed by atoms with Crippen molar-refractivity contribution >= 4 is 17.3 Å². The van der Waals surface area contributed by atoms with E-state index in [1.807, 2.05) is 0 Å². The molecule has 0 spiro atoms. The molecule has 1 radical (unpaired) electrons. The van der Waals surface area contributed by atoms with Gasteiger partial charge in [0.15, 0.2) is 17.3 Å². The Bertz CT molecular complexity index is 606. The molecule has 0 amide bonds.